The second-order valence-corrected chi connectivity index (χ2v) is 5.38. The fraction of sp³-hybridized carbons (Fsp3) is 0.176. The third-order valence-corrected chi connectivity index (χ3v) is 3.55. The fourth-order valence-corrected chi connectivity index (χ4v) is 2.32. The monoisotopic (exact) mass is 332 g/mol. The summed E-state index contributed by atoms with van der Waals surface area (Å²) in [6, 6.07) is 12.2. The summed E-state index contributed by atoms with van der Waals surface area (Å²) in [7, 11) is 1.55. The van der Waals surface area contributed by atoms with Gasteiger partial charge in [0.2, 0.25) is 5.91 Å². The van der Waals surface area contributed by atoms with Crippen molar-refractivity contribution < 1.29 is 14.3 Å². The number of aryl methyl sites for hydroxylation is 1. The van der Waals surface area contributed by atoms with E-state index in [9.17, 15) is 9.59 Å². The Morgan fingerprint density at radius 2 is 1.87 bits per heavy atom. The van der Waals surface area contributed by atoms with Crippen LogP contribution in [-0.4, -0.2) is 18.9 Å². The van der Waals surface area contributed by atoms with Crippen molar-refractivity contribution in [1.29, 1.82) is 0 Å². The molecule has 0 radical (unpaired) electrons. The molecule has 0 heterocycles. The highest BCUT2D eigenvalue weighted by molar-refractivity contribution is 6.33. The summed E-state index contributed by atoms with van der Waals surface area (Å²) in [6.07, 6.45) is 0.0909. The van der Waals surface area contributed by atoms with E-state index < -0.39 is 5.91 Å². The van der Waals surface area contributed by atoms with Crippen LogP contribution in [0.25, 0.3) is 0 Å². The van der Waals surface area contributed by atoms with Gasteiger partial charge in [-0.15, -0.1) is 0 Å². The molecule has 0 atom stereocenters. The normalized spacial score (nSPS) is 10.0. The number of halogens is 1. The van der Waals surface area contributed by atoms with E-state index in [0.29, 0.717) is 16.3 Å². The minimum absolute atomic E-state index is 0.0909. The largest absolute Gasteiger partial charge is 0.496 e. The molecule has 2 rings (SSSR count). The van der Waals surface area contributed by atoms with Crippen LogP contribution in [0.4, 0.5) is 0 Å². The molecule has 23 heavy (non-hydrogen) atoms. The molecule has 0 spiro atoms. The molecule has 6 heteroatoms. The van der Waals surface area contributed by atoms with E-state index in [1.807, 2.05) is 19.1 Å². The van der Waals surface area contributed by atoms with Crippen LogP contribution in [0.2, 0.25) is 5.02 Å². The Morgan fingerprint density at radius 1 is 1.13 bits per heavy atom. The van der Waals surface area contributed by atoms with Crippen molar-refractivity contribution in [2.24, 2.45) is 0 Å². The number of hydrazine groups is 1. The molecule has 0 saturated heterocycles. The van der Waals surface area contributed by atoms with Crippen LogP contribution in [0.3, 0.4) is 0 Å². The summed E-state index contributed by atoms with van der Waals surface area (Å²) in [6.45, 7) is 1.93. The first-order valence-electron chi connectivity index (χ1n) is 6.98. The maximum Gasteiger partial charge on any atom is 0.271 e. The molecule has 0 fully saturated rings. The van der Waals surface area contributed by atoms with Gasteiger partial charge in [-0.3, -0.25) is 20.4 Å². The topological polar surface area (TPSA) is 67.4 Å². The molecule has 5 nitrogen and oxygen atoms in total. The smallest absolute Gasteiger partial charge is 0.271 e. The number of amides is 2. The van der Waals surface area contributed by atoms with Crippen molar-refractivity contribution >= 4 is 23.4 Å². The zero-order valence-corrected chi connectivity index (χ0v) is 13.6. The number of hydrogen-bond acceptors (Lipinski definition) is 3. The van der Waals surface area contributed by atoms with Gasteiger partial charge in [0.15, 0.2) is 0 Å². The highest BCUT2D eigenvalue weighted by Crippen LogP contribution is 2.20. The van der Waals surface area contributed by atoms with E-state index in [0.717, 1.165) is 11.1 Å². The van der Waals surface area contributed by atoms with E-state index in [4.69, 9.17) is 16.3 Å². The molecule has 0 aliphatic heterocycles. The van der Waals surface area contributed by atoms with Gasteiger partial charge < -0.3 is 4.74 Å². The van der Waals surface area contributed by atoms with Gasteiger partial charge in [0.25, 0.3) is 5.91 Å². The molecule has 120 valence electrons. The zero-order chi connectivity index (χ0) is 16.8. The maximum absolute atomic E-state index is 12.0. The van der Waals surface area contributed by atoms with Crippen molar-refractivity contribution in [2.45, 2.75) is 13.3 Å². The lowest BCUT2D eigenvalue weighted by atomic mass is 10.1. The molecular weight excluding hydrogens is 316 g/mol. The van der Waals surface area contributed by atoms with Gasteiger partial charge in [0, 0.05) is 5.56 Å². The summed E-state index contributed by atoms with van der Waals surface area (Å²) in [5.41, 5.74) is 6.79. The Morgan fingerprint density at radius 3 is 2.57 bits per heavy atom. The molecular formula is C17H17ClN2O3. The number of carbonyl (C=O) groups excluding carboxylic acids is 2. The Kier molecular flexibility index (Phi) is 5.60. The number of nitrogens with one attached hydrogen (secondary N) is 2. The molecule has 2 aromatic carbocycles. The van der Waals surface area contributed by atoms with Gasteiger partial charge >= 0.3 is 0 Å². The minimum Gasteiger partial charge on any atom is -0.496 e. The molecule has 0 saturated carbocycles. The molecule has 0 bridgehead atoms. The summed E-state index contributed by atoms with van der Waals surface area (Å²) in [5.74, 6) is -0.197. The van der Waals surface area contributed by atoms with Gasteiger partial charge in [-0.1, -0.05) is 41.4 Å². The van der Waals surface area contributed by atoms with Gasteiger partial charge in [-0.25, -0.2) is 0 Å². The first kappa shape index (κ1) is 16.8. The van der Waals surface area contributed by atoms with Gasteiger partial charge in [0.05, 0.1) is 24.1 Å². The van der Waals surface area contributed by atoms with E-state index >= 15 is 0 Å². The van der Waals surface area contributed by atoms with Crippen molar-refractivity contribution in [3.8, 4) is 5.75 Å². The van der Waals surface area contributed by atoms with Gasteiger partial charge in [-0.05, 0) is 25.1 Å². The van der Waals surface area contributed by atoms with Crippen molar-refractivity contribution in [1.82, 2.24) is 10.9 Å². The Labute approximate surface area is 139 Å². The van der Waals surface area contributed by atoms with Gasteiger partial charge in [-0.2, -0.15) is 0 Å². The van der Waals surface area contributed by atoms with E-state index in [-0.39, 0.29) is 12.3 Å². The number of methoxy groups -OCH3 is 1. The highest BCUT2D eigenvalue weighted by atomic mass is 35.5. The molecule has 0 aliphatic carbocycles. The van der Waals surface area contributed by atoms with E-state index in [2.05, 4.69) is 10.9 Å². The quantitative estimate of drug-likeness (QED) is 0.846. The summed E-state index contributed by atoms with van der Waals surface area (Å²) in [5, 5.41) is 0.319. The predicted octanol–water partition coefficient (Wildman–Crippen LogP) is 2.66. The Balaban J connectivity index is 1.97. The fourth-order valence-electron chi connectivity index (χ4n) is 2.10. The number of carbonyl (C=O) groups is 2. The average Bonchev–Trinajstić information content (AvgIpc) is 2.53. The van der Waals surface area contributed by atoms with E-state index in [1.165, 1.54) is 0 Å². The molecule has 2 N–H and O–H groups in total. The lowest BCUT2D eigenvalue weighted by molar-refractivity contribution is -0.121. The van der Waals surface area contributed by atoms with Gasteiger partial charge in [0.1, 0.15) is 5.75 Å². The Bertz CT molecular complexity index is 732. The SMILES string of the molecule is COc1ccc(C)cc1CC(=O)NNC(=O)c1ccccc1Cl. The number of benzene rings is 2. The highest BCUT2D eigenvalue weighted by Gasteiger charge is 2.12. The zero-order valence-electron chi connectivity index (χ0n) is 12.9. The first-order chi connectivity index (χ1) is 11.0. The molecule has 2 aromatic rings. The predicted molar refractivity (Wildman–Crippen MR) is 88.5 cm³/mol. The summed E-state index contributed by atoms with van der Waals surface area (Å²) < 4.78 is 5.23. The van der Waals surface area contributed by atoms with Crippen molar-refractivity contribution in [3.63, 3.8) is 0 Å². The van der Waals surface area contributed by atoms with Crippen LogP contribution in [-0.2, 0) is 11.2 Å². The summed E-state index contributed by atoms with van der Waals surface area (Å²) in [4.78, 5) is 24.0. The van der Waals surface area contributed by atoms with Crippen molar-refractivity contribution in [3.05, 3.63) is 64.2 Å². The van der Waals surface area contributed by atoms with Crippen LogP contribution in [0.5, 0.6) is 5.75 Å². The minimum atomic E-state index is -0.472. The number of ether oxygens (including phenoxy) is 1. The van der Waals surface area contributed by atoms with Crippen LogP contribution in [0.15, 0.2) is 42.5 Å². The molecule has 2 amide bonds. The second-order valence-electron chi connectivity index (χ2n) is 4.97. The average molecular weight is 333 g/mol. The van der Waals surface area contributed by atoms with E-state index in [1.54, 1.807) is 37.4 Å². The lowest BCUT2D eigenvalue weighted by Gasteiger charge is -2.11. The number of rotatable bonds is 4. The Hall–Kier alpha value is -2.53. The van der Waals surface area contributed by atoms with Crippen LogP contribution < -0.4 is 15.6 Å². The third-order valence-electron chi connectivity index (χ3n) is 3.22. The van der Waals surface area contributed by atoms with Crippen LogP contribution in [0, 0.1) is 6.92 Å². The van der Waals surface area contributed by atoms with Crippen LogP contribution >= 0.6 is 11.6 Å². The van der Waals surface area contributed by atoms with Crippen LogP contribution in [0.1, 0.15) is 21.5 Å². The molecule has 0 aliphatic rings. The molecule has 0 unspecified atom stereocenters. The molecule has 0 aromatic heterocycles. The second kappa shape index (κ2) is 7.65. The number of hydrogen-bond donors (Lipinski definition) is 2. The lowest BCUT2D eigenvalue weighted by Crippen LogP contribution is -2.42. The third kappa shape index (κ3) is 4.47. The standard InChI is InChI=1S/C17H17ClN2O3/c1-11-7-8-15(23-2)12(9-11)10-16(21)19-20-17(22)13-5-3-4-6-14(13)18/h3-9H,10H2,1-2H3,(H,19,21)(H,20,22). The maximum atomic E-state index is 12.0. The first-order valence-corrected chi connectivity index (χ1v) is 7.36. The summed E-state index contributed by atoms with van der Waals surface area (Å²) >= 11 is 5.93. The van der Waals surface area contributed by atoms with Crippen molar-refractivity contribution in [2.75, 3.05) is 7.11 Å².